The molecule has 0 unspecified atom stereocenters. The van der Waals surface area contributed by atoms with Gasteiger partial charge in [0.15, 0.2) is 0 Å². The third-order valence-corrected chi connectivity index (χ3v) is 4.23. The van der Waals surface area contributed by atoms with Gasteiger partial charge in [-0.05, 0) is 36.5 Å². The molecular weight excluding hydrogens is 277 g/mol. The highest BCUT2D eigenvalue weighted by molar-refractivity contribution is 5.53. The smallest absolute Gasteiger partial charge is 0.384 e. The van der Waals surface area contributed by atoms with Crippen LogP contribution in [-0.4, -0.2) is 6.54 Å². The number of halogens is 3. The van der Waals surface area contributed by atoms with Crippen molar-refractivity contribution in [2.24, 2.45) is 5.41 Å². The van der Waals surface area contributed by atoms with E-state index in [1.54, 1.807) is 6.07 Å². The molecule has 0 amide bonds. The van der Waals surface area contributed by atoms with E-state index in [4.69, 9.17) is 5.26 Å². The molecule has 0 atom stereocenters. The first-order valence-electron chi connectivity index (χ1n) is 7.19. The van der Waals surface area contributed by atoms with Gasteiger partial charge in [-0.25, -0.2) is 0 Å². The molecule has 2 nitrogen and oxygen atoms in total. The predicted octanol–water partition coefficient (Wildman–Crippen LogP) is 4.96. The van der Waals surface area contributed by atoms with Crippen LogP contribution in [0.1, 0.15) is 50.2 Å². The lowest BCUT2D eigenvalue weighted by atomic mass is 9.76. The highest BCUT2D eigenvalue weighted by atomic mass is 19.4. The number of nitriles is 1. The van der Waals surface area contributed by atoms with E-state index < -0.39 is 11.7 Å². The van der Waals surface area contributed by atoms with Gasteiger partial charge in [0.25, 0.3) is 0 Å². The van der Waals surface area contributed by atoms with Crippen LogP contribution in [0.3, 0.4) is 0 Å². The molecule has 0 saturated heterocycles. The summed E-state index contributed by atoms with van der Waals surface area (Å²) in [7, 11) is 0. The number of hydrogen-bond donors (Lipinski definition) is 1. The maximum absolute atomic E-state index is 12.7. The van der Waals surface area contributed by atoms with Crippen molar-refractivity contribution in [3.8, 4) is 6.07 Å². The molecule has 21 heavy (non-hydrogen) atoms. The summed E-state index contributed by atoms with van der Waals surface area (Å²) in [5, 5.41) is 12.1. The van der Waals surface area contributed by atoms with E-state index in [9.17, 15) is 13.2 Å². The second-order valence-corrected chi connectivity index (χ2v) is 6.09. The van der Waals surface area contributed by atoms with Crippen LogP contribution in [0.4, 0.5) is 18.9 Å². The first-order chi connectivity index (χ1) is 9.84. The second-order valence-electron chi connectivity index (χ2n) is 6.09. The Labute approximate surface area is 123 Å². The molecule has 1 saturated carbocycles. The third kappa shape index (κ3) is 3.90. The van der Waals surface area contributed by atoms with Crippen molar-refractivity contribution in [2.45, 2.75) is 45.2 Å². The van der Waals surface area contributed by atoms with Crippen molar-refractivity contribution in [3.63, 3.8) is 0 Å². The summed E-state index contributed by atoms with van der Waals surface area (Å²) in [5.41, 5.74) is -0.444. The molecule has 1 aromatic carbocycles. The van der Waals surface area contributed by atoms with E-state index >= 15 is 0 Å². The minimum absolute atomic E-state index is 0.188. The van der Waals surface area contributed by atoms with Crippen molar-refractivity contribution in [1.82, 2.24) is 0 Å². The van der Waals surface area contributed by atoms with Crippen LogP contribution in [0, 0.1) is 16.7 Å². The molecule has 0 radical (unpaired) electrons. The van der Waals surface area contributed by atoms with E-state index in [0.717, 1.165) is 25.5 Å². The quantitative estimate of drug-likeness (QED) is 0.855. The van der Waals surface area contributed by atoms with Gasteiger partial charge in [0.1, 0.15) is 0 Å². The van der Waals surface area contributed by atoms with Gasteiger partial charge in [0, 0.05) is 12.2 Å². The Morgan fingerprint density at radius 1 is 1.24 bits per heavy atom. The highest BCUT2D eigenvalue weighted by Crippen LogP contribution is 2.36. The van der Waals surface area contributed by atoms with Crippen LogP contribution in [0.25, 0.3) is 0 Å². The number of rotatable bonds is 3. The molecule has 0 spiro atoms. The van der Waals surface area contributed by atoms with Crippen molar-refractivity contribution in [3.05, 3.63) is 29.3 Å². The van der Waals surface area contributed by atoms with Gasteiger partial charge in [0.2, 0.25) is 0 Å². The van der Waals surface area contributed by atoms with Gasteiger partial charge in [-0.1, -0.05) is 26.2 Å². The number of anilines is 1. The number of benzene rings is 1. The molecule has 1 aliphatic rings. The van der Waals surface area contributed by atoms with Crippen LogP contribution in [-0.2, 0) is 6.18 Å². The van der Waals surface area contributed by atoms with Crippen LogP contribution < -0.4 is 5.32 Å². The number of nitrogens with zero attached hydrogens (tertiary/aromatic N) is 1. The van der Waals surface area contributed by atoms with E-state index in [1.807, 2.05) is 0 Å². The normalized spacial score (nSPS) is 18.0. The van der Waals surface area contributed by atoms with E-state index in [2.05, 4.69) is 12.2 Å². The first kappa shape index (κ1) is 15.7. The number of alkyl halides is 3. The molecule has 1 fully saturated rings. The molecule has 0 heterocycles. The minimum Gasteiger partial charge on any atom is -0.384 e. The number of hydrogen-bond acceptors (Lipinski definition) is 2. The summed E-state index contributed by atoms with van der Waals surface area (Å²) in [6.07, 6.45) is 1.44. The summed E-state index contributed by atoms with van der Waals surface area (Å²) in [6.45, 7) is 2.93. The molecule has 114 valence electrons. The van der Waals surface area contributed by atoms with E-state index in [0.29, 0.717) is 5.69 Å². The Kier molecular flexibility index (Phi) is 4.46. The monoisotopic (exact) mass is 296 g/mol. The lowest BCUT2D eigenvalue weighted by Crippen LogP contribution is -2.28. The average Bonchev–Trinajstić information content (AvgIpc) is 2.44. The minimum atomic E-state index is -4.49. The average molecular weight is 296 g/mol. The molecular formula is C16H19F3N2. The van der Waals surface area contributed by atoms with Gasteiger partial charge >= 0.3 is 6.18 Å². The topological polar surface area (TPSA) is 35.8 Å². The second kappa shape index (κ2) is 5.97. The Balaban J connectivity index is 2.10. The van der Waals surface area contributed by atoms with Gasteiger partial charge in [0.05, 0.1) is 17.2 Å². The van der Waals surface area contributed by atoms with E-state index in [1.165, 1.54) is 31.4 Å². The Morgan fingerprint density at radius 2 is 1.90 bits per heavy atom. The lowest BCUT2D eigenvalue weighted by molar-refractivity contribution is -0.137. The summed E-state index contributed by atoms with van der Waals surface area (Å²) >= 11 is 0. The standard InChI is InChI=1S/C16H19F3N2/c1-15(7-3-2-4-8-15)11-21-13-5-6-14(16(17,18)19)12(9-13)10-20/h5-6,9,21H,2-4,7-8,11H2,1H3. The van der Waals surface area contributed by atoms with Crippen molar-refractivity contribution in [1.29, 1.82) is 5.26 Å². The van der Waals surface area contributed by atoms with Crippen molar-refractivity contribution < 1.29 is 13.2 Å². The van der Waals surface area contributed by atoms with Crippen LogP contribution in [0.5, 0.6) is 0 Å². The molecule has 0 aromatic heterocycles. The molecule has 1 aromatic rings. The zero-order valence-corrected chi connectivity index (χ0v) is 12.1. The van der Waals surface area contributed by atoms with Gasteiger partial charge in [-0.15, -0.1) is 0 Å². The van der Waals surface area contributed by atoms with Crippen molar-refractivity contribution >= 4 is 5.69 Å². The number of nitrogens with one attached hydrogen (secondary N) is 1. The summed E-state index contributed by atoms with van der Waals surface area (Å²) in [4.78, 5) is 0. The van der Waals surface area contributed by atoms with Crippen LogP contribution in [0.2, 0.25) is 0 Å². The fraction of sp³-hybridized carbons (Fsp3) is 0.562. The van der Waals surface area contributed by atoms with Crippen LogP contribution >= 0.6 is 0 Å². The first-order valence-corrected chi connectivity index (χ1v) is 7.19. The Morgan fingerprint density at radius 3 is 2.48 bits per heavy atom. The third-order valence-electron chi connectivity index (χ3n) is 4.23. The summed E-state index contributed by atoms with van der Waals surface area (Å²) in [5.74, 6) is 0. The molecule has 2 rings (SSSR count). The zero-order valence-electron chi connectivity index (χ0n) is 12.1. The highest BCUT2D eigenvalue weighted by Gasteiger charge is 2.33. The summed E-state index contributed by atoms with van der Waals surface area (Å²) in [6, 6.07) is 5.29. The maximum atomic E-state index is 12.7. The molecule has 5 heteroatoms. The van der Waals surface area contributed by atoms with Crippen molar-refractivity contribution in [2.75, 3.05) is 11.9 Å². The van der Waals surface area contributed by atoms with Gasteiger partial charge in [-0.3, -0.25) is 0 Å². The SMILES string of the molecule is CC1(CNc2ccc(C(F)(F)F)c(C#N)c2)CCCCC1. The Hall–Kier alpha value is -1.70. The molecule has 0 bridgehead atoms. The maximum Gasteiger partial charge on any atom is 0.417 e. The van der Waals surface area contributed by atoms with Gasteiger partial charge in [-0.2, -0.15) is 18.4 Å². The Bertz CT molecular complexity index is 537. The molecule has 1 N–H and O–H groups in total. The zero-order chi connectivity index (χ0) is 15.5. The molecule has 1 aliphatic carbocycles. The fourth-order valence-electron chi connectivity index (χ4n) is 2.89. The largest absolute Gasteiger partial charge is 0.417 e. The summed E-state index contributed by atoms with van der Waals surface area (Å²) < 4.78 is 38.2. The lowest BCUT2D eigenvalue weighted by Gasteiger charge is -2.34. The predicted molar refractivity (Wildman–Crippen MR) is 75.8 cm³/mol. The fourth-order valence-corrected chi connectivity index (χ4v) is 2.89. The van der Waals surface area contributed by atoms with E-state index in [-0.39, 0.29) is 11.0 Å². The van der Waals surface area contributed by atoms with Crippen LogP contribution in [0.15, 0.2) is 18.2 Å². The molecule has 0 aliphatic heterocycles. The van der Waals surface area contributed by atoms with Gasteiger partial charge < -0.3 is 5.32 Å².